The Balaban J connectivity index is 1.44. The summed E-state index contributed by atoms with van der Waals surface area (Å²) in [5, 5.41) is 17.3. The Kier molecular flexibility index (Phi) is 5.75. The van der Waals surface area contributed by atoms with E-state index in [1.165, 1.54) is 18.2 Å². The van der Waals surface area contributed by atoms with Crippen molar-refractivity contribution >= 4 is 17.5 Å². The fraction of sp³-hybridized carbons (Fsp3) is 0.318. The summed E-state index contributed by atoms with van der Waals surface area (Å²) in [5.74, 6) is -1.15. The molecule has 1 atom stereocenters. The van der Waals surface area contributed by atoms with Crippen molar-refractivity contribution in [2.45, 2.75) is 38.8 Å². The summed E-state index contributed by atoms with van der Waals surface area (Å²) in [6.45, 7) is 3.62. The Morgan fingerprint density at radius 3 is 2.45 bits per heavy atom. The zero-order valence-electron chi connectivity index (χ0n) is 17.2. The number of nitrogens with one attached hydrogen (secondary N) is 2. The van der Waals surface area contributed by atoms with Crippen LogP contribution < -0.4 is 10.6 Å². The van der Waals surface area contributed by atoms with Crippen molar-refractivity contribution in [3.8, 4) is 11.4 Å². The normalized spacial score (nSPS) is 14.3. The molecule has 2 aromatic carbocycles. The molecule has 0 aliphatic heterocycles. The number of nitrogens with zero attached hydrogens (tertiary/aromatic N) is 4. The number of hydrogen-bond acceptors (Lipinski definition) is 5. The molecule has 1 aliphatic carbocycles. The number of aromatic nitrogens is 4. The lowest BCUT2D eigenvalue weighted by Crippen LogP contribution is -2.47. The number of benzene rings is 2. The second-order valence-corrected chi connectivity index (χ2v) is 7.92. The van der Waals surface area contributed by atoms with Gasteiger partial charge in [0.15, 0.2) is 5.82 Å². The number of rotatable bonds is 7. The van der Waals surface area contributed by atoms with Gasteiger partial charge in [0.25, 0.3) is 5.91 Å². The van der Waals surface area contributed by atoms with Crippen molar-refractivity contribution in [3.05, 3.63) is 59.9 Å². The van der Waals surface area contributed by atoms with E-state index in [4.69, 9.17) is 0 Å². The Hall–Kier alpha value is -3.62. The average molecular weight is 422 g/mol. The third-order valence-corrected chi connectivity index (χ3v) is 5.15. The third kappa shape index (κ3) is 4.60. The van der Waals surface area contributed by atoms with Crippen LogP contribution >= 0.6 is 0 Å². The van der Waals surface area contributed by atoms with Gasteiger partial charge in [-0.15, -0.1) is 5.10 Å². The third-order valence-electron chi connectivity index (χ3n) is 5.15. The average Bonchev–Trinajstić information content (AvgIpc) is 3.49. The molecule has 1 aliphatic rings. The Morgan fingerprint density at radius 1 is 1.10 bits per heavy atom. The first-order chi connectivity index (χ1) is 14.9. The van der Waals surface area contributed by atoms with E-state index < -0.39 is 17.8 Å². The minimum atomic E-state index is -0.825. The summed E-state index contributed by atoms with van der Waals surface area (Å²) < 4.78 is 15.7. The smallest absolute Gasteiger partial charge is 0.254 e. The molecule has 0 spiro atoms. The molecule has 1 saturated carbocycles. The van der Waals surface area contributed by atoms with Gasteiger partial charge in [0, 0.05) is 11.3 Å². The molecular formula is C22H23FN6O2. The van der Waals surface area contributed by atoms with Crippen LogP contribution in [0.25, 0.3) is 11.4 Å². The van der Waals surface area contributed by atoms with Crippen molar-refractivity contribution in [2.75, 3.05) is 5.32 Å². The highest BCUT2D eigenvalue weighted by atomic mass is 19.1. The maximum Gasteiger partial charge on any atom is 0.254 e. The quantitative estimate of drug-likeness (QED) is 0.609. The second-order valence-electron chi connectivity index (χ2n) is 7.92. The van der Waals surface area contributed by atoms with Gasteiger partial charge < -0.3 is 10.6 Å². The van der Waals surface area contributed by atoms with Gasteiger partial charge in [0.05, 0.1) is 11.6 Å². The van der Waals surface area contributed by atoms with Crippen LogP contribution in [-0.4, -0.2) is 38.1 Å². The predicted octanol–water partition coefficient (Wildman–Crippen LogP) is 3.21. The van der Waals surface area contributed by atoms with E-state index in [-0.39, 0.29) is 17.4 Å². The van der Waals surface area contributed by atoms with Gasteiger partial charge >= 0.3 is 0 Å². The van der Waals surface area contributed by atoms with E-state index in [9.17, 15) is 14.0 Å². The summed E-state index contributed by atoms with van der Waals surface area (Å²) in [6.07, 6.45) is 2.14. The highest BCUT2D eigenvalue weighted by Gasteiger charge is 2.28. The standard InChI is InChI=1S/C22H23FN6O2/c1-13(2)19(25-21(30)17-5-3-4-6-18(17)23)22(31)24-15-9-7-14(8-10-15)20-26-27-28-29(20)16-11-12-16/h3-10,13,16,19H,11-12H2,1-2H3,(H,24,31)(H,25,30). The molecule has 2 N–H and O–H groups in total. The molecule has 31 heavy (non-hydrogen) atoms. The topological polar surface area (TPSA) is 102 Å². The highest BCUT2D eigenvalue weighted by Crippen LogP contribution is 2.36. The van der Waals surface area contributed by atoms with E-state index in [0.717, 1.165) is 18.4 Å². The second kappa shape index (κ2) is 8.63. The first-order valence-electron chi connectivity index (χ1n) is 10.2. The summed E-state index contributed by atoms with van der Waals surface area (Å²) in [6, 6.07) is 12.4. The number of halogens is 1. The van der Waals surface area contributed by atoms with E-state index in [0.29, 0.717) is 17.6 Å². The van der Waals surface area contributed by atoms with Gasteiger partial charge in [0.1, 0.15) is 11.9 Å². The molecule has 1 aromatic heterocycles. The van der Waals surface area contributed by atoms with E-state index in [1.807, 2.05) is 30.7 Å². The van der Waals surface area contributed by atoms with Crippen LogP contribution in [0.3, 0.4) is 0 Å². The Labute approximate surface area is 178 Å². The van der Waals surface area contributed by atoms with Crippen LogP contribution in [0.4, 0.5) is 10.1 Å². The molecule has 0 saturated heterocycles. The first kappa shape index (κ1) is 20.6. The lowest BCUT2D eigenvalue weighted by atomic mass is 10.0. The van der Waals surface area contributed by atoms with Gasteiger partial charge in [-0.3, -0.25) is 9.59 Å². The van der Waals surface area contributed by atoms with Crippen molar-refractivity contribution in [2.24, 2.45) is 5.92 Å². The molecule has 1 unspecified atom stereocenters. The fourth-order valence-electron chi connectivity index (χ4n) is 3.27. The van der Waals surface area contributed by atoms with Crippen molar-refractivity contribution in [3.63, 3.8) is 0 Å². The monoisotopic (exact) mass is 422 g/mol. The maximum absolute atomic E-state index is 13.9. The minimum absolute atomic E-state index is 0.0984. The van der Waals surface area contributed by atoms with Gasteiger partial charge in [-0.05, 0) is 65.6 Å². The Morgan fingerprint density at radius 2 is 1.81 bits per heavy atom. The predicted molar refractivity (Wildman–Crippen MR) is 113 cm³/mol. The van der Waals surface area contributed by atoms with Crippen LogP contribution in [0.2, 0.25) is 0 Å². The zero-order chi connectivity index (χ0) is 22.0. The van der Waals surface area contributed by atoms with Gasteiger partial charge in [-0.25, -0.2) is 9.07 Å². The molecule has 8 nitrogen and oxygen atoms in total. The fourth-order valence-corrected chi connectivity index (χ4v) is 3.27. The maximum atomic E-state index is 13.9. The molecule has 9 heteroatoms. The minimum Gasteiger partial charge on any atom is -0.340 e. The van der Waals surface area contributed by atoms with Crippen molar-refractivity contribution in [1.29, 1.82) is 0 Å². The molecule has 3 aromatic rings. The lowest BCUT2D eigenvalue weighted by Gasteiger charge is -2.22. The number of carbonyl (C=O) groups excluding carboxylic acids is 2. The summed E-state index contributed by atoms with van der Waals surface area (Å²) in [5.41, 5.74) is 1.33. The van der Waals surface area contributed by atoms with E-state index in [1.54, 1.807) is 18.2 Å². The summed E-state index contributed by atoms with van der Waals surface area (Å²) in [4.78, 5) is 25.3. The number of hydrogen-bond donors (Lipinski definition) is 2. The molecule has 2 amide bonds. The number of anilines is 1. The van der Waals surface area contributed by atoms with E-state index >= 15 is 0 Å². The van der Waals surface area contributed by atoms with Gasteiger partial charge in [-0.2, -0.15) is 0 Å². The van der Waals surface area contributed by atoms with Crippen LogP contribution in [-0.2, 0) is 4.79 Å². The highest BCUT2D eigenvalue weighted by molar-refractivity contribution is 6.01. The van der Waals surface area contributed by atoms with Crippen LogP contribution in [0.5, 0.6) is 0 Å². The molecule has 160 valence electrons. The van der Waals surface area contributed by atoms with Crippen LogP contribution in [0.1, 0.15) is 43.1 Å². The van der Waals surface area contributed by atoms with Crippen LogP contribution in [0.15, 0.2) is 48.5 Å². The lowest BCUT2D eigenvalue weighted by molar-refractivity contribution is -0.118. The molecular weight excluding hydrogens is 399 g/mol. The molecule has 0 radical (unpaired) electrons. The summed E-state index contributed by atoms with van der Waals surface area (Å²) in [7, 11) is 0. The van der Waals surface area contributed by atoms with Crippen molar-refractivity contribution < 1.29 is 14.0 Å². The molecule has 0 bridgehead atoms. The Bertz CT molecular complexity index is 1090. The number of carbonyl (C=O) groups is 2. The van der Waals surface area contributed by atoms with E-state index in [2.05, 4.69) is 26.2 Å². The first-order valence-corrected chi connectivity index (χ1v) is 10.2. The SMILES string of the molecule is CC(C)C(NC(=O)c1ccccc1F)C(=O)Nc1ccc(-c2nnnn2C2CC2)cc1. The molecule has 4 rings (SSSR count). The largest absolute Gasteiger partial charge is 0.340 e. The van der Waals surface area contributed by atoms with Gasteiger partial charge in [0.2, 0.25) is 5.91 Å². The number of tetrazole rings is 1. The number of amides is 2. The zero-order valence-corrected chi connectivity index (χ0v) is 17.2. The molecule has 1 heterocycles. The van der Waals surface area contributed by atoms with Gasteiger partial charge in [-0.1, -0.05) is 26.0 Å². The summed E-state index contributed by atoms with van der Waals surface area (Å²) >= 11 is 0. The molecule has 1 fully saturated rings. The van der Waals surface area contributed by atoms with Crippen LogP contribution in [0, 0.1) is 11.7 Å². The van der Waals surface area contributed by atoms with Crippen molar-refractivity contribution in [1.82, 2.24) is 25.5 Å².